The Hall–Kier alpha value is -2.12. The third-order valence-corrected chi connectivity index (χ3v) is 4.22. The molecule has 0 aliphatic rings. The maximum atomic E-state index is 12.3. The molecule has 8 heteroatoms. The first-order valence-electron chi connectivity index (χ1n) is 5.89. The number of sulfonamides is 1. The number of rotatable bonds is 4. The third kappa shape index (κ3) is 3.50. The maximum absolute atomic E-state index is 12.3. The van der Waals surface area contributed by atoms with Gasteiger partial charge >= 0.3 is 0 Å². The molecule has 1 heterocycles. The van der Waals surface area contributed by atoms with Crippen molar-refractivity contribution in [2.45, 2.75) is 4.90 Å². The number of carbonyl (C=O) groups is 1. The summed E-state index contributed by atoms with van der Waals surface area (Å²) in [6, 6.07) is 8.85. The van der Waals surface area contributed by atoms with E-state index in [4.69, 9.17) is 11.6 Å². The summed E-state index contributed by atoms with van der Waals surface area (Å²) in [7, 11) is -2.39. The van der Waals surface area contributed by atoms with E-state index in [1.165, 1.54) is 37.5 Å². The van der Waals surface area contributed by atoms with Gasteiger partial charge in [-0.05, 0) is 24.3 Å². The van der Waals surface area contributed by atoms with E-state index in [9.17, 15) is 13.2 Å². The van der Waals surface area contributed by atoms with Crippen molar-refractivity contribution in [3.63, 3.8) is 0 Å². The fourth-order valence-corrected chi connectivity index (χ4v) is 2.99. The molecule has 1 aromatic carbocycles. The summed E-state index contributed by atoms with van der Waals surface area (Å²) in [5, 5.41) is 2.52. The molecule has 0 aliphatic heterocycles. The summed E-state index contributed by atoms with van der Waals surface area (Å²) in [5.41, 5.74) is 0.411. The van der Waals surface area contributed by atoms with E-state index in [1.807, 2.05) is 0 Å². The minimum atomic E-state index is -3.85. The number of halogens is 1. The Labute approximate surface area is 127 Å². The fourth-order valence-electron chi connectivity index (χ4n) is 1.66. The van der Waals surface area contributed by atoms with Crippen LogP contribution in [0, 0.1) is 0 Å². The van der Waals surface area contributed by atoms with E-state index < -0.39 is 10.0 Å². The number of hydrogen-bond donors (Lipinski definition) is 2. The predicted octanol–water partition coefficient (Wildman–Crippen LogP) is 1.90. The lowest BCUT2D eigenvalue weighted by Gasteiger charge is -2.11. The van der Waals surface area contributed by atoms with Crippen LogP contribution in [-0.4, -0.2) is 26.4 Å². The Kier molecular flexibility index (Phi) is 4.44. The summed E-state index contributed by atoms with van der Waals surface area (Å²) in [4.78, 5) is 15.4. The van der Waals surface area contributed by atoms with E-state index in [0.29, 0.717) is 0 Å². The van der Waals surface area contributed by atoms with Gasteiger partial charge in [0.15, 0.2) is 0 Å². The van der Waals surface area contributed by atoms with Crippen molar-refractivity contribution in [3.05, 3.63) is 53.3 Å². The van der Waals surface area contributed by atoms with Crippen LogP contribution in [0.15, 0.2) is 47.5 Å². The van der Waals surface area contributed by atoms with Crippen LogP contribution in [-0.2, 0) is 10.0 Å². The second-order valence-electron chi connectivity index (χ2n) is 4.04. The summed E-state index contributed by atoms with van der Waals surface area (Å²) >= 11 is 5.69. The van der Waals surface area contributed by atoms with E-state index in [1.54, 1.807) is 12.1 Å². The molecule has 0 spiro atoms. The van der Waals surface area contributed by atoms with Crippen LogP contribution < -0.4 is 10.0 Å². The van der Waals surface area contributed by atoms with Gasteiger partial charge in [-0.2, -0.15) is 0 Å². The van der Waals surface area contributed by atoms with Crippen LogP contribution in [0.1, 0.15) is 10.4 Å². The molecule has 2 N–H and O–H groups in total. The van der Waals surface area contributed by atoms with Gasteiger partial charge in [-0.25, -0.2) is 13.4 Å². The fraction of sp³-hybridized carbons (Fsp3) is 0.0769. The average Bonchev–Trinajstić information content (AvgIpc) is 2.46. The Balaban J connectivity index is 2.40. The smallest absolute Gasteiger partial charge is 0.262 e. The number of amides is 1. The molecule has 0 saturated carbocycles. The molecule has 2 aromatic rings. The maximum Gasteiger partial charge on any atom is 0.262 e. The number of para-hydroxylation sites is 1. The first-order valence-corrected chi connectivity index (χ1v) is 7.75. The molecule has 0 radical (unpaired) electrons. The number of aromatic nitrogens is 1. The van der Waals surface area contributed by atoms with Gasteiger partial charge in [-0.15, -0.1) is 0 Å². The Morgan fingerprint density at radius 1 is 1.24 bits per heavy atom. The van der Waals surface area contributed by atoms with Gasteiger partial charge in [0, 0.05) is 13.2 Å². The van der Waals surface area contributed by atoms with Gasteiger partial charge in [0.2, 0.25) is 0 Å². The SMILES string of the molecule is CNC(=O)c1ccccc1NS(=O)(=O)c1ccnc(Cl)c1. The topological polar surface area (TPSA) is 88.2 Å². The molecule has 0 bridgehead atoms. The van der Waals surface area contributed by atoms with Crippen LogP contribution >= 0.6 is 11.6 Å². The van der Waals surface area contributed by atoms with Crippen molar-refractivity contribution in [3.8, 4) is 0 Å². The Morgan fingerprint density at radius 2 is 1.95 bits per heavy atom. The largest absolute Gasteiger partial charge is 0.355 e. The van der Waals surface area contributed by atoms with Gasteiger partial charge in [-0.1, -0.05) is 23.7 Å². The first-order chi connectivity index (χ1) is 9.94. The Bertz CT molecular complexity index is 778. The number of nitrogens with one attached hydrogen (secondary N) is 2. The minimum Gasteiger partial charge on any atom is -0.355 e. The van der Waals surface area contributed by atoms with Crippen molar-refractivity contribution >= 4 is 33.2 Å². The van der Waals surface area contributed by atoms with Gasteiger partial charge in [-0.3, -0.25) is 9.52 Å². The summed E-state index contributed by atoms with van der Waals surface area (Å²) < 4.78 is 26.9. The summed E-state index contributed by atoms with van der Waals surface area (Å²) in [5.74, 6) is -0.388. The standard InChI is InChI=1S/C13H12ClN3O3S/c1-15-13(18)10-4-2-3-5-11(10)17-21(19,20)9-6-7-16-12(14)8-9/h2-8,17H,1H3,(H,15,18). The highest BCUT2D eigenvalue weighted by Gasteiger charge is 2.18. The molecule has 21 heavy (non-hydrogen) atoms. The summed E-state index contributed by atoms with van der Waals surface area (Å²) in [6.45, 7) is 0. The highest BCUT2D eigenvalue weighted by molar-refractivity contribution is 7.92. The molecule has 0 atom stereocenters. The van der Waals surface area contributed by atoms with Gasteiger partial charge < -0.3 is 5.32 Å². The molecule has 110 valence electrons. The number of benzene rings is 1. The molecule has 0 fully saturated rings. The second kappa shape index (κ2) is 6.11. The molecular formula is C13H12ClN3O3S. The molecule has 2 rings (SSSR count). The lowest BCUT2D eigenvalue weighted by molar-refractivity contribution is 0.0964. The molecule has 1 aromatic heterocycles. The van der Waals surface area contributed by atoms with Crippen molar-refractivity contribution in [1.82, 2.24) is 10.3 Å². The van der Waals surface area contributed by atoms with Crippen molar-refractivity contribution in [2.24, 2.45) is 0 Å². The predicted molar refractivity (Wildman–Crippen MR) is 79.9 cm³/mol. The van der Waals surface area contributed by atoms with E-state index in [-0.39, 0.29) is 27.2 Å². The number of carbonyl (C=O) groups excluding carboxylic acids is 1. The zero-order chi connectivity index (χ0) is 15.5. The third-order valence-electron chi connectivity index (χ3n) is 2.65. The van der Waals surface area contributed by atoms with E-state index >= 15 is 0 Å². The quantitative estimate of drug-likeness (QED) is 0.840. The number of nitrogens with zero attached hydrogens (tertiary/aromatic N) is 1. The number of hydrogen-bond acceptors (Lipinski definition) is 4. The zero-order valence-electron chi connectivity index (χ0n) is 11.0. The lowest BCUT2D eigenvalue weighted by atomic mass is 10.2. The lowest BCUT2D eigenvalue weighted by Crippen LogP contribution is -2.21. The van der Waals surface area contributed by atoms with Crippen LogP contribution in [0.4, 0.5) is 5.69 Å². The van der Waals surface area contributed by atoms with E-state index in [0.717, 1.165) is 0 Å². The molecule has 0 unspecified atom stereocenters. The Morgan fingerprint density at radius 3 is 2.62 bits per heavy atom. The summed E-state index contributed by atoms with van der Waals surface area (Å²) in [6.07, 6.45) is 1.29. The van der Waals surface area contributed by atoms with Crippen molar-refractivity contribution in [2.75, 3.05) is 11.8 Å². The number of pyridine rings is 1. The monoisotopic (exact) mass is 325 g/mol. The molecule has 0 saturated heterocycles. The van der Waals surface area contributed by atoms with Crippen LogP contribution in [0.3, 0.4) is 0 Å². The van der Waals surface area contributed by atoms with Crippen LogP contribution in [0.5, 0.6) is 0 Å². The second-order valence-corrected chi connectivity index (χ2v) is 6.11. The van der Waals surface area contributed by atoms with E-state index in [2.05, 4.69) is 15.0 Å². The average molecular weight is 326 g/mol. The molecule has 0 aliphatic carbocycles. The highest BCUT2D eigenvalue weighted by atomic mass is 35.5. The van der Waals surface area contributed by atoms with Crippen molar-refractivity contribution < 1.29 is 13.2 Å². The molecular weight excluding hydrogens is 314 g/mol. The van der Waals surface area contributed by atoms with Crippen LogP contribution in [0.2, 0.25) is 5.15 Å². The highest BCUT2D eigenvalue weighted by Crippen LogP contribution is 2.21. The first kappa shape index (κ1) is 15.3. The van der Waals surface area contributed by atoms with Gasteiger partial charge in [0.25, 0.3) is 15.9 Å². The zero-order valence-corrected chi connectivity index (χ0v) is 12.6. The normalized spacial score (nSPS) is 11.0. The van der Waals surface area contributed by atoms with Crippen LogP contribution in [0.25, 0.3) is 0 Å². The van der Waals surface area contributed by atoms with Gasteiger partial charge in [0.1, 0.15) is 5.15 Å². The minimum absolute atomic E-state index is 0.0331. The molecule has 6 nitrogen and oxygen atoms in total. The van der Waals surface area contributed by atoms with Crippen molar-refractivity contribution in [1.29, 1.82) is 0 Å². The molecule has 1 amide bonds. The van der Waals surface area contributed by atoms with Gasteiger partial charge in [0.05, 0.1) is 16.1 Å². The number of anilines is 1.